The molecule has 2 aromatic carbocycles. The molecule has 1 aliphatic rings. The number of carbonyl (C=O) groups excluding carboxylic acids is 1. The van der Waals surface area contributed by atoms with Gasteiger partial charge in [-0.3, -0.25) is 4.79 Å². The summed E-state index contributed by atoms with van der Waals surface area (Å²) in [7, 11) is 0. The van der Waals surface area contributed by atoms with Crippen molar-refractivity contribution in [3.05, 3.63) is 65.2 Å². The van der Waals surface area contributed by atoms with Crippen LogP contribution in [-0.2, 0) is 6.42 Å². The van der Waals surface area contributed by atoms with Crippen LogP contribution in [0.4, 0.5) is 0 Å². The van der Waals surface area contributed by atoms with Crippen molar-refractivity contribution in [2.75, 3.05) is 0 Å². The third-order valence-electron chi connectivity index (χ3n) is 4.28. The van der Waals surface area contributed by atoms with Crippen LogP contribution >= 0.6 is 0 Å². The topological polar surface area (TPSA) is 30.2 Å². The summed E-state index contributed by atoms with van der Waals surface area (Å²) in [5, 5.41) is 0.932. The Labute approximate surface area is 135 Å². The van der Waals surface area contributed by atoms with Gasteiger partial charge in [0, 0.05) is 22.1 Å². The highest BCUT2D eigenvalue weighted by Crippen LogP contribution is 2.38. The van der Waals surface area contributed by atoms with E-state index in [1.807, 2.05) is 24.3 Å². The van der Waals surface area contributed by atoms with Crippen LogP contribution in [0.25, 0.3) is 28.4 Å². The highest BCUT2D eigenvalue weighted by Gasteiger charge is 2.22. The monoisotopic (exact) mass is 302 g/mol. The van der Waals surface area contributed by atoms with Crippen molar-refractivity contribution in [1.82, 2.24) is 0 Å². The molecule has 0 N–H and O–H groups in total. The normalized spacial score (nSPS) is 13.3. The van der Waals surface area contributed by atoms with Gasteiger partial charge in [-0.15, -0.1) is 0 Å². The standard InChI is InChI=1S/C21H18O2/c1-13(2)12-14-6-8-15(9-7-14)21-17-10-11-18(22)16-4-3-5-19(23-21)20(16)17/h3-11,13H,12H2,1-2H3. The Kier molecular flexibility index (Phi) is 3.19. The zero-order valence-electron chi connectivity index (χ0n) is 13.3. The quantitative estimate of drug-likeness (QED) is 0.638. The van der Waals surface area contributed by atoms with Crippen LogP contribution < -0.4 is 0 Å². The number of rotatable bonds is 3. The van der Waals surface area contributed by atoms with Gasteiger partial charge in [-0.1, -0.05) is 50.2 Å². The lowest BCUT2D eigenvalue weighted by Gasteiger charge is -2.07. The predicted octanol–water partition coefficient (Wildman–Crippen LogP) is 5.51. The zero-order chi connectivity index (χ0) is 16.0. The smallest absolute Gasteiger partial charge is 0.186 e. The van der Waals surface area contributed by atoms with Crippen LogP contribution in [-0.4, -0.2) is 5.78 Å². The van der Waals surface area contributed by atoms with Crippen LogP contribution in [0, 0.1) is 5.92 Å². The molecule has 0 radical (unpaired) electrons. The van der Waals surface area contributed by atoms with Gasteiger partial charge in [0.25, 0.3) is 0 Å². The van der Waals surface area contributed by atoms with Gasteiger partial charge in [0.15, 0.2) is 5.78 Å². The van der Waals surface area contributed by atoms with Crippen LogP contribution in [0.3, 0.4) is 0 Å². The molecule has 0 saturated carbocycles. The molecule has 0 saturated heterocycles. The molecule has 114 valence electrons. The van der Waals surface area contributed by atoms with Gasteiger partial charge in [0.1, 0.15) is 11.3 Å². The minimum atomic E-state index is 0.0442. The zero-order valence-corrected chi connectivity index (χ0v) is 13.3. The summed E-state index contributed by atoms with van der Waals surface area (Å²) in [5.74, 6) is 1.53. The summed E-state index contributed by atoms with van der Waals surface area (Å²) in [4.78, 5) is 12.0. The Bertz CT molecular complexity index is 924. The Hall–Kier alpha value is -2.61. The third-order valence-corrected chi connectivity index (χ3v) is 4.28. The second kappa shape index (κ2) is 5.24. The molecule has 0 unspecified atom stereocenters. The van der Waals surface area contributed by atoms with E-state index in [-0.39, 0.29) is 5.78 Å². The molecule has 2 heteroatoms. The number of allylic oxidation sites excluding steroid dienone is 1. The lowest BCUT2D eigenvalue weighted by atomic mass is 9.94. The van der Waals surface area contributed by atoms with Crippen LogP contribution in [0.5, 0.6) is 0 Å². The van der Waals surface area contributed by atoms with Crippen molar-refractivity contribution >= 4 is 22.8 Å². The lowest BCUT2D eigenvalue weighted by Crippen LogP contribution is -1.99. The minimum Gasteiger partial charge on any atom is -0.455 e. The lowest BCUT2D eigenvalue weighted by molar-refractivity contribution is 0.104. The Morgan fingerprint density at radius 1 is 1.00 bits per heavy atom. The van der Waals surface area contributed by atoms with E-state index in [1.54, 1.807) is 6.08 Å². The van der Waals surface area contributed by atoms with Crippen molar-refractivity contribution in [2.45, 2.75) is 20.3 Å². The third kappa shape index (κ3) is 2.31. The predicted molar refractivity (Wildman–Crippen MR) is 93.6 cm³/mol. The van der Waals surface area contributed by atoms with Crippen LogP contribution in [0.2, 0.25) is 0 Å². The maximum absolute atomic E-state index is 12.0. The van der Waals surface area contributed by atoms with E-state index in [1.165, 1.54) is 5.56 Å². The molecule has 0 amide bonds. The second-order valence-electron chi connectivity index (χ2n) is 6.52. The first-order valence-corrected chi connectivity index (χ1v) is 8.00. The molecule has 1 aromatic heterocycles. The summed E-state index contributed by atoms with van der Waals surface area (Å²) in [6.45, 7) is 4.45. The minimum absolute atomic E-state index is 0.0442. The van der Waals surface area contributed by atoms with E-state index in [4.69, 9.17) is 4.42 Å². The van der Waals surface area contributed by atoms with Gasteiger partial charge in [0.2, 0.25) is 0 Å². The molecule has 4 rings (SSSR count). The molecule has 0 aliphatic heterocycles. The van der Waals surface area contributed by atoms with Crippen LogP contribution in [0.1, 0.15) is 35.3 Å². The average Bonchev–Trinajstić information content (AvgIpc) is 2.91. The largest absolute Gasteiger partial charge is 0.455 e. The SMILES string of the molecule is CC(C)Cc1ccc(-c2oc3cccc4c3c2C=CC4=O)cc1. The van der Waals surface area contributed by atoms with E-state index in [0.29, 0.717) is 5.92 Å². The number of carbonyl (C=O) groups is 1. The van der Waals surface area contributed by atoms with Crippen LogP contribution in [0.15, 0.2) is 53.0 Å². The Morgan fingerprint density at radius 2 is 1.78 bits per heavy atom. The molecular formula is C21H18O2. The second-order valence-corrected chi connectivity index (χ2v) is 6.52. The van der Waals surface area contributed by atoms with E-state index in [0.717, 1.165) is 39.8 Å². The molecule has 23 heavy (non-hydrogen) atoms. The summed E-state index contributed by atoms with van der Waals surface area (Å²) in [6, 6.07) is 14.2. The fraction of sp³-hybridized carbons (Fsp3) is 0.190. The fourth-order valence-electron chi connectivity index (χ4n) is 3.26. The highest BCUT2D eigenvalue weighted by molar-refractivity contribution is 6.20. The van der Waals surface area contributed by atoms with E-state index < -0.39 is 0 Å². The number of hydrogen-bond acceptors (Lipinski definition) is 2. The van der Waals surface area contributed by atoms with Gasteiger partial charge in [-0.25, -0.2) is 0 Å². The summed E-state index contributed by atoms with van der Waals surface area (Å²) < 4.78 is 6.06. The molecule has 2 nitrogen and oxygen atoms in total. The van der Waals surface area contributed by atoms with Crippen molar-refractivity contribution in [3.8, 4) is 11.3 Å². The van der Waals surface area contributed by atoms with Crippen molar-refractivity contribution in [1.29, 1.82) is 0 Å². The fourth-order valence-corrected chi connectivity index (χ4v) is 3.26. The molecule has 0 fully saturated rings. The molecule has 3 aromatic rings. The van der Waals surface area contributed by atoms with Crippen molar-refractivity contribution in [2.24, 2.45) is 5.92 Å². The van der Waals surface area contributed by atoms with Gasteiger partial charge in [-0.2, -0.15) is 0 Å². The maximum Gasteiger partial charge on any atom is 0.186 e. The van der Waals surface area contributed by atoms with Gasteiger partial charge in [0.05, 0.1) is 0 Å². The first-order valence-electron chi connectivity index (χ1n) is 8.00. The summed E-state index contributed by atoms with van der Waals surface area (Å²) >= 11 is 0. The van der Waals surface area contributed by atoms with Gasteiger partial charge in [-0.05, 0) is 36.1 Å². The molecule has 0 atom stereocenters. The summed E-state index contributed by atoms with van der Waals surface area (Å²) in [5.41, 5.74) is 4.89. The first-order chi connectivity index (χ1) is 11.1. The molecule has 0 spiro atoms. The number of furan rings is 1. The van der Waals surface area contributed by atoms with Gasteiger partial charge < -0.3 is 4.42 Å². The highest BCUT2D eigenvalue weighted by atomic mass is 16.3. The molecule has 0 bridgehead atoms. The van der Waals surface area contributed by atoms with Gasteiger partial charge >= 0.3 is 0 Å². The van der Waals surface area contributed by atoms with Crippen molar-refractivity contribution < 1.29 is 9.21 Å². The van der Waals surface area contributed by atoms with E-state index in [2.05, 4.69) is 38.1 Å². The Morgan fingerprint density at radius 3 is 2.52 bits per heavy atom. The van der Waals surface area contributed by atoms with E-state index in [9.17, 15) is 4.79 Å². The molecule has 1 heterocycles. The Balaban J connectivity index is 1.84. The number of hydrogen-bond donors (Lipinski definition) is 0. The number of ketones is 1. The maximum atomic E-state index is 12.0. The summed E-state index contributed by atoms with van der Waals surface area (Å²) in [6.07, 6.45) is 4.58. The first kappa shape index (κ1) is 14.0. The van der Waals surface area contributed by atoms with Crippen molar-refractivity contribution in [3.63, 3.8) is 0 Å². The molecule has 1 aliphatic carbocycles. The number of benzene rings is 2. The van der Waals surface area contributed by atoms with E-state index >= 15 is 0 Å². The average molecular weight is 302 g/mol. The molecular weight excluding hydrogens is 284 g/mol.